The zero-order valence-corrected chi connectivity index (χ0v) is 18.5. The fourth-order valence-corrected chi connectivity index (χ4v) is 4.81. The van der Waals surface area contributed by atoms with Crippen molar-refractivity contribution in [3.8, 4) is 5.75 Å². The molecule has 0 saturated heterocycles. The second-order valence-electron chi connectivity index (χ2n) is 7.31. The van der Waals surface area contributed by atoms with E-state index < -0.39 is 4.75 Å². The molecule has 30 heavy (non-hydrogen) atoms. The number of carbonyl (C=O) groups is 1. The molecule has 0 radical (unpaired) electrons. The van der Waals surface area contributed by atoms with Crippen molar-refractivity contribution in [3.05, 3.63) is 102 Å². The summed E-state index contributed by atoms with van der Waals surface area (Å²) in [6.07, 6.45) is 0. The highest BCUT2D eigenvalue weighted by Crippen LogP contribution is 2.48. The van der Waals surface area contributed by atoms with Crippen LogP contribution in [0.15, 0.2) is 84.9 Å². The lowest BCUT2D eigenvalue weighted by atomic mass is 9.84. The summed E-state index contributed by atoms with van der Waals surface area (Å²) < 4.78 is 10.4. The van der Waals surface area contributed by atoms with Gasteiger partial charge in [0.25, 0.3) is 0 Å². The van der Waals surface area contributed by atoms with Gasteiger partial charge in [-0.25, -0.2) is 0 Å². The Kier molecular flexibility index (Phi) is 7.58. The SMILES string of the molecule is COc1ccc(C(SCCOC(=O)C(C)C)(c2ccccc2)c2ccccc2)cc1. The van der Waals surface area contributed by atoms with Crippen molar-refractivity contribution < 1.29 is 14.3 Å². The monoisotopic (exact) mass is 420 g/mol. The average Bonchev–Trinajstić information content (AvgIpc) is 2.80. The maximum atomic E-state index is 11.9. The number of carbonyl (C=O) groups excluding carboxylic acids is 1. The molecule has 0 unspecified atom stereocenters. The van der Waals surface area contributed by atoms with E-state index in [2.05, 4.69) is 60.7 Å². The standard InChI is InChI=1S/C26H28O3S/c1-20(2)25(27)29-18-19-30-26(21-10-6-4-7-11-21,22-12-8-5-9-13-22)23-14-16-24(28-3)17-15-23/h4-17,20H,18-19H2,1-3H3. The third-order valence-electron chi connectivity index (χ3n) is 4.97. The number of benzene rings is 3. The van der Waals surface area contributed by atoms with Gasteiger partial charge in [-0.05, 0) is 28.8 Å². The molecule has 0 aliphatic rings. The van der Waals surface area contributed by atoms with Crippen LogP contribution in [0.4, 0.5) is 0 Å². The highest BCUT2D eigenvalue weighted by atomic mass is 32.2. The molecular weight excluding hydrogens is 392 g/mol. The number of methoxy groups -OCH3 is 1. The second kappa shape index (κ2) is 10.4. The van der Waals surface area contributed by atoms with Gasteiger partial charge in [0.15, 0.2) is 0 Å². The van der Waals surface area contributed by atoms with Gasteiger partial charge in [0.2, 0.25) is 0 Å². The molecule has 0 aromatic heterocycles. The summed E-state index contributed by atoms with van der Waals surface area (Å²) in [5, 5.41) is 0. The minimum absolute atomic E-state index is 0.121. The van der Waals surface area contributed by atoms with Crippen LogP contribution in [-0.2, 0) is 14.3 Å². The first-order valence-corrected chi connectivity index (χ1v) is 11.1. The number of hydrogen-bond donors (Lipinski definition) is 0. The van der Waals surface area contributed by atoms with Gasteiger partial charge in [0, 0.05) is 5.75 Å². The van der Waals surface area contributed by atoms with E-state index in [0.29, 0.717) is 12.4 Å². The van der Waals surface area contributed by atoms with Gasteiger partial charge >= 0.3 is 5.97 Å². The van der Waals surface area contributed by atoms with Gasteiger partial charge < -0.3 is 9.47 Å². The number of thioether (sulfide) groups is 1. The van der Waals surface area contributed by atoms with E-state index in [4.69, 9.17) is 9.47 Å². The van der Waals surface area contributed by atoms with Crippen LogP contribution in [0, 0.1) is 5.92 Å². The number of ether oxygens (including phenoxy) is 2. The molecule has 0 N–H and O–H groups in total. The van der Waals surface area contributed by atoms with Crippen LogP contribution < -0.4 is 4.74 Å². The van der Waals surface area contributed by atoms with Crippen LogP contribution in [0.1, 0.15) is 30.5 Å². The molecule has 3 aromatic rings. The third kappa shape index (κ3) is 4.88. The number of hydrogen-bond acceptors (Lipinski definition) is 4. The highest BCUT2D eigenvalue weighted by molar-refractivity contribution is 8.00. The normalized spacial score (nSPS) is 11.3. The summed E-state index contributed by atoms with van der Waals surface area (Å²) in [6.45, 7) is 4.08. The van der Waals surface area contributed by atoms with Crippen molar-refractivity contribution >= 4 is 17.7 Å². The zero-order valence-electron chi connectivity index (χ0n) is 17.7. The predicted octanol–water partition coefficient (Wildman–Crippen LogP) is 5.92. The smallest absolute Gasteiger partial charge is 0.308 e. The Bertz CT molecular complexity index is 882. The summed E-state index contributed by atoms with van der Waals surface area (Å²) in [6, 6.07) is 29.2. The van der Waals surface area contributed by atoms with E-state index >= 15 is 0 Å². The molecule has 3 rings (SSSR count). The van der Waals surface area contributed by atoms with Gasteiger partial charge in [-0.1, -0.05) is 86.6 Å². The van der Waals surface area contributed by atoms with Crippen molar-refractivity contribution in [1.82, 2.24) is 0 Å². The van der Waals surface area contributed by atoms with Crippen molar-refractivity contribution in [1.29, 1.82) is 0 Å². The van der Waals surface area contributed by atoms with Gasteiger partial charge in [-0.2, -0.15) is 0 Å². The van der Waals surface area contributed by atoms with E-state index in [1.807, 2.05) is 38.1 Å². The first-order chi connectivity index (χ1) is 14.6. The molecule has 0 bridgehead atoms. The summed E-state index contributed by atoms with van der Waals surface area (Å²) in [5.74, 6) is 1.22. The molecule has 0 amide bonds. The number of rotatable bonds is 9. The molecule has 156 valence electrons. The maximum absolute atomic E-state index is 11.9. The molecule has 0 spiro atoms. The lowest BCUT2D eigenvalue weighted by Gasteiger charge is -2.35. The molecule has 0 atom stereocenters. The average molecular weight is 421 g/mol. The Hall–Kier alpha value is -2.72. The molecule has 0 aliphatic carbocycles. The van der Waals surface area contributed by atoms with E-state index in [-0.39, 0.29) is 11.9 Å². The lowest BCUT2D eigenvalue weighted by molar-refractivity contribution is -0.146. The van der Waals surface area contributed by atoms with Gasteiger partial charge in [-0.15, -0.1) is 11.8 Å². The van der Waals surface area contributed by atoms with Gasteiger partial charge in [0.1, 0.15) is 12.4 Å². The molecule has 3 nitrogen and oxygen atoms in total. The van der Waals surface area contributed by atoms with E-state index in [0.717, 1.165) is 11.3 Å². The van der Waals surface area contributed by atoms with E-state index in [1.54, 1.807) is 18.9 Å². The molecule has 4 heteroatoms. The van der Waals surface area contributed by atoms with Crippen LogP contribution in [-0.4, -0.2) is 25.4 Å². The predicted molar refractivity (Wildman–Crippen MR) is 124 cm³/mol. The third-order valence-corrected chi connectivity index (χ3v) is 6.49. The van der Waals surface area contributed by atoms with Crippen LogP contribution in [0.3, 0.4) is 0 Å². The van der Waals surface area contributed by atoms with Crippen LogP contribution >= 0.6 is 11.8 Å². The molecule has 0 heterocycles. The molecular formula is C26H28O3S. The Morgan fingerprint density at radius 2 is 1.33 bits per heavy atom. The van der Waals surface area contributed by atoms with Crippen molar-refractivity contribution in [2.24, 2.45) is 5.92 Å². The second-order valence-corrected chi connectivity index (χ2v) is 8.62. The minimum Gasteiger partial charge on any atom is -0.497 e. The Morgan fingerprint density at radius 3 is 1.80 bits per heavy atom. The molecule has 0 aliphatic heterocycles. The molecule has 0 saturated carbocycles. The summed E-state index contributed by atoms with van der Waals surface area (Å²) in [5.41, 5.74) is 3.52. The molecule has 0 fully saturated rings. The topological polar surface area (TPSA) is 35.5 Å². The zero-order chi connectivity index (χ0) is 21.4. The largest absolute Gasteiger partial charge is 0.497 e. The van der Waals surface area contributed by atoms with Gasteiger partial charge in [0.05, 0.1) is 17.8 Å². The number of esters is 1. The highest BCUT2D eigenvalue weighted by Gasteiger charge is 2.37. The van der Waals surface area contributed by atoms with E-state index in [1.165, 1.54) is 11.1 Å². The first-order valence-electron chi connectivity index (χ1n) is 10.1. The summed E-state index contributed by atoms with van der Waals surface area (Å²) in [4.78, 5) is 11.9. The van der Waals surface area contributed by atoms with Crippen LogP contribution in [0.2, 0.25) is 0 Å². The van der Waals surface area contributed by atoms with Crippen LogP contribution in [0.5, 0.6) is 5.75 Å². The van der Waals surface area contributed by atoms with E-state index in [9.17, 15) is 4.79 Å². The first kappa shape index (κ1) is 22.0. The minimum atomic E-state index is -0.432. The Labute approximate surface area is 183 Å². The fraction of sp³-hybridized carbons (Fsp3) is 0.269. The van der Waals surface area contributed by atoms with Crippen molar-refractivity contribution in [2.45, 2.75) is 18.6 Å². The van der Waals surface area contributed by atoms with Crippen molar-refractivity contribution in [3.63, 3.8) is 0 Å². The lowest BCUT2D eigenvalue weighted by Crippen LogP contribution is -2.27. The quantitative estimate of drug-likeness (QED) is 0.245. The maximum Gasteiger partial charge on any atom is 0.308 e. The van der Waals surface area contributed by atoms with Crippen molar-refractivity contribution in [2.75, 3.05) is 19.5 Å². The Morgan fingerprint density at radius 1 is 0.833 bits per heavy atom. The summed E-state index contributed by atoms with van der Waals surface area (Å²) >= 11 is 1.78. The van der Waals surface area contributed by atoms with Crippen LogP contribution in [0.25, 0.3) is 0 Å². The molecule has 3 aromatic carbocycles. The summed E-state index contributed by atoms with van der Waals surface area (Å²) in [7, 11) is 1.68. The van der Waals surface area contributed by atoms with Gasteiger partial charge in [-0.3, -0.25) is 4.79 Å². The fourth-order valence-electron chi connectivity index (χ4n) is 3.43. The Balaban J connectivity index is 2.03.